The number of hydrogen-bond acceptors (Lipinski definition) is 5. The summed E-state index contributed by atoms with van der Waals surface area (Å²) >= 11 is 1.68. The van der Waals surface area contributed by atoms with E-state index in [0.717, 1.165) is 11.4 Å². The molecule has 7 nitrogen and oxygen atoms in total. The molecular weight excluding hydrogens is 429 g/mol. The van der Waals surface area contributed by atoms with E-state index in [9.17, 15) is 4.79 Å². The van der Waals surface area contributed by atoms with Crippen LogP contribution >= 0.6 is 35.3 Å². The highest BCUT2D eigenvalue weighted by molar-refractivity contribution is 14.0. The number of amides is 1. The first-order valence-corrected chi connectivity index (χ1v) is 7.70. The Balaban J connectivity index is 0.00000264. The van der Waals surface area contributed by atoms with Crippen LogP contribution in [0.3, 0.4) is 0 Å². The van der Waals surface area contributed by atoms with Crippen LogP contribution < -0.4 is 16.4 Å². The number of primary amides is 1. The predicted molar refractivity (Wildman–Crippen MR) is 101 cm³/mol. The van der Waals surface area contributed by atoms with E-state index >= 15 is 0 Å². The number of thiazole rings is 1. The van der Waals surface area contributed by atoms with Crippen LogP contribution in [0, 0.1) is 0 Å². The number of aliphatic imine (C=N–C) groups is 1. The van der Waals surface area contributed by atoms with Crippen molar-refractivity contribution in [3.8, 4) is 0 Å². The molecule has 0 aliphatic heterocycles. The van der Waals surface area contributed by atoms with Crippen LogP contribution in [0.1, 0.15) is 33.1 Å². The Morgan fingerprint density at radius 1 is 1.39 bits per heavy atom. The summed E-state index contributed by atoms with van der Waals surface area (Å²) in [4.78, 5) is 20.7. The number of aryl methyl sites for hydroxylation is 1. The zero-order chi connectivity index (χ0) is 15.9. The number of halogens is 1. The fourth-order valence-electron chi connectivity index (χ4n) is 1.75. The second kappa shape index (κ2) is 9.50. The van der Waals surface area contributed by atoms with E-state index in [0.29, 0.717) is 24.8 Å². The van der Waals surface area contributed by atoms with Gasteiger partial charge in [-0.3, -0.25) is 9.79 Å². The number of nitrogens with one attached hydrogen (secondary N) is 2. The lowest BCUT2D eigenvalue weighted by Crippen LogP contribution is -2.36. The van der Waals surface area contributed by atoms with Crippen LogP contribution in [0.25, 0.3) is 0 Å². The normalized spacial score (nSPS) is 11.0. The number of furan rings is 1. The van der Waals surface area contributed by atoms with Crippen molar-refractivity contribution in [3.63, 3.8) is 0 Å². The molecule has 0 atom stereocenters. The summed E-state index contributed by atoms with van der Waals surface area (Å²) in [7, 11) is 1.69. The van der Waals surface area contributed by atoms with Crippen LogP contribution in [0.4, 0.5) is 0 Å². The summed E-state index contributed by atoms with van der Waals surface area (Å²) in [5.41, 5.74) is 5.14. The lowest BCUT2D eigenvalue weighted by Gasteiger charge is -2.09. The summed E-state index contributed by atoms with van der Waals surface area (Å²) in [5.74, 6) is 0.809. The average Bonchev–Trinajstić information content (AvgIpc) is 3.16. The van der Waals surface area contributed by atoms with Gasteiger partial charge in [0.05, 0.1) is 13.1 Å². The second-order valence-corrected chi connectivity index (χ2v) is 5.68. The quantitative estimate of drug-likeness (QED) is 0.355. The lowest BCUT2D eigenvalue weighted by atomic mass is 10.4. The first-order valence-electron chi connectivity index (χ1n) is 6.89. The van der Waals surface area contributed by atoms with Crippen LogP contribution in [0.2, 0.25) is 0 Å². The van der Waals surface area contributed by atoms with Gasteiger partial charge in [0.2, 0.25) is 0 Å². The highest BCUT2D eigenvalue weighted by Gasteiger charge is 2.08. The Morgan fingerprint density at radius 2 is 2.13 bits per heavy atom. The molecule has 4 N–H and O–H groups in total. The standard InChI is InChI=1S/C14H19N5O2S.HI/c1-3-10-7-17-12(22-10)8-19-14(16-2)18-6-9-4-5-11(21-9)13(15)20;/h4-5,7H,3,6,8H2,1-2H3,(H2,15,20)(H2,16,18,19);1H. The molecule has 1 amide bonds. The van der Waals surface area contributed by atoms with Gasteiger partial charge >= 0.3 is 0 Å². The molecule has 0 saturated heterocycles. The lowest BCUT2D eigenvalue weighted by molar-refractivity contribution is 0.0972. The molecule has 2 rings (SSSR count). The van der Waals surface area contributed by atoms with Crippen molar-refractivity contribution in [2.45, 2.75) is 26.4 Å². The maximum atomic E-state index is 11.0. The number of hydrogen-bond donors (Lipinski definition) is 3. The van der Waals surface area contributed by atoms with Crippen molar-refractivity contribution >= 4 is 47.2 Å². The minimum atomic E-state index is -0.579. The first-order chi connectivity index (χ1) is 10.6. The third-order valence-corrected chi connectivity index (χ3v) is 4.06. The molecule has 2 aromatic rings. The van der Waals surface area contributed by atoms with Gasteiger partial charge < -0.3 is 20.8 Å². The first kappa shape index (κ1) is 19.4. The molecule has 0 unspecified atom stereocenters. The fraction of sp³-hybridized carbons (Fsp3) is 0.357. The van der Waals surface area contributed by atoms with Gasteiger partial charge in [-0.05, 0) is 18.6 Å². The maximum absolute atomic E-state index is 11.0. The smallest absolute Gasteiger partial charge is 0.284 e. The Bertz CT molecular complexity index is 668. The number of nitrogens with two attached hydrogens (primary N) is 1. The average molecular weight is 449 g/mol. The molecule has 23 heavy (non-hydrogen) atoms. The van der Waals surface area contributed by atoms with Gasteiger partial charge in [-0.1, -0.05) is 6.92 Å². The molecule has 126 valence electrons. The van der Waals surface area contributed by atoms with E-state index in [1.54, 1.807) is 30.5 Å². The van der Waals surface area contributed by atoms with E-state index in [-0.39, 0.29) is 29.7 Å². The third kappa shape index (κ3) is 5.82. The molecule has 9 heteroatoms. The highest BCUT2D eigenvalue weighted by Crippen LogP contribution is 2.12. The fourth-order valence-corrected chi connectivity index (χ4v) is 2.55. The zero-order valence-electron chi connectivity index (χ0n) is 13.0. The van der Waals surface area contributed by atoms with Crippen LogP contribution in [0.15, 0.2) is 27.7 Å². The SMILES string of the molecule is CCc1cnc(CNC(=NC)NCc2ccc(C(N)=O)o2)s1.I. The molecular formula is C14H20IN5O2S. The summed E-state index contributed by atoms with van der Waals surface area (Å²) in [6, 6.07) is 3.26. The molecule has 2 heterocycles. The molecule has 0 spiro atoms. The van der Waals surface area contributed by atoms with Crippen LogP contribution in [0.5, 0.6) is 0 Å². The van der Waals surface area contributed by atoms with Gasteiger partial charge in [0.15, 0.2) is 11.7 Å². The molecule has 0 fully saturated rings. The second-order valence-electron chi connectivity index (χ2n) is 4.48. The Labute approximate surface area is 155 Å². The van der Waals surface area contributed by atoms with Gasteiger partial charge in [-0.15, -0.1) is 35.3 Å². The van der Waals surface area contributed by atoms with Gasteiger partial charge in [0.1, 0.15) is 10.8 Å². The number of rotatable bonds is 6. The Hall–Kier alpha value is -1.62. The molecule has 0 aliphatic rings. The molecule has 0 bridgehead atoms. The summed E-state index contributed by atoms with van der Waals surface area (Å²) in [6.45, 7) is 3.12. The van der Waals surface area contributed by atoms with Crippen molar-refractivity contribution in [3.05, 3.63) is 39.7 Å². The zero-order valence-corrected chi connectivity index (χ0v) is 16.1. The summed E-state index contributed by atoms with van der Waals surface area (Å²) in [6.07, 6.45) is 2.89. The number of carbonyl (C=O) groups excluding carboxylic acids is 1. The maximum Gasteiger partial charge on any atom is 0.284 e. The topological polar surface area (TPSA) is 106 Å². The van der Waals surface area contributed by atoms with E-state index in [1.807, 2.05) is 6.20 Å². The third-order valence-electron chi connectivity index (χ3n) is 2.92. The van der Waals surface area contributed by atoms with Crippen molar-refractivity contribution in [2.75, 3.05) is 7.05 Å². The minimum absolute atomic E-state index is 0. The Morgan fingerprint density at radius 3 is 2.70 bits per heavy atom. The van der Waals surface area contributed by atoms with Crippen LogP contribution in [-0.4, -0.2) is 23.9 Å². The summed E-state index contributed by atoms with van der Waals surface area (Å²) < 4.78 is 5.29. The van der Waals surface area contributed by atoms with Crippen molar-refractivity contribution in [1.82, 2.24) is 15.6 Å². The highest BCUT2D eigenvalue weighted by atomic mass is 127. The molecule has 0 saturated carbocycles. The molecule has 0 aliphatic carbocycles. The number of nitrogens with zero attached hydrogens (tertiary/aromatic N) is 2. The predicted octanol–water partition coefficient (Wildman–Crippen LogP) is 1.88. The minimum Gasteiger partial charge on any atom is -0.454 e. The van der Waals surface area contributed by atoms with Crippen molar-refractivity contribution in [1.29, 1.82) is 0 Å². The number of guanidine groups is 1. The van der Waals surface area contributed by atoms with E-state index < -0.39 is 5.91 Å². The van der Waals surface area contributed by atoms with Gasteiger partial charge in [-0.2, -0.15) is 0 Å². The van der Waals surface area contributed by atoms with Crippen molar-refractivity contribution < 1.29 is 9.21 Å². The summed E-state index contributed by atoms with van der Waals surface area (Å²) in [5, 5.41) is 7.28. The van der Waals surface area contributed by atoms with E-state index in [2.05, 4.69) is 27.5 Å². The largest absolute Gasteiger partial charge is 0.454 e. The molecule has 0 radical (unpaired) electrons. The van der Waals surface area contributed by atoms with Gasteiger partial charge in [0.25, 0.3) is 5.91 Å². The number of aromatic nitrogens is 1. The van der Waals surface area contributed by atoms with E-state index in [4.69, 9.17) is 10.2 Å². The Kier molecular flexibility index (Phi) is 8.03. The molecule has 0 aromatic carbocycles. The van der Waals surface area contributed by atoms with Gasteiger partial charge in [0, 0.05) is 18.1 Å². The monoisotopic (exact) mass is 449 g/mol. The van der Waals surface area contributed by atoms with Crippen LogP contribution in [-0.2, 0) is 19.5 Å². The molecule has 2 aromatic heterocycles. The van der Waals surface area contributed by atoms with Gasteiger partial charge in [-0.25, -0.2) is 4.98 Å². The number of carbonyl (C=O) groups is 1. The van der Waals surface area contributed by atoms with E-state index in [1.165, 1.54) is 4.88 Å². The van der Waals surface area contributed by atoms with Crippen molar-refractivity contribution in [2.24, 2.45) is 10.7 Å².